The van der Waals surface area contributed by atoms with Crippen LogP contribution in [-0.4, -0.2) is 73.9 Å². The molecule has 1 amide bonds. The molecule has 1 saturated heterocycles. The molecule has 7 heteroatoms. The molecule has 38 heavy (non-hydrogen) atoms. The van der Waals surface area contributed by atoms with Gasteiger partial charge in [0.15, 0.2) is 6.29 Å². The van der Waals surface area contributed by atoms with E-state index < -0.39 is 6.04 Å². The number of rotatable bonds is 10. The van der Waals surface area contributed by atoms with Gasteiger partial charge in [-0.3, -0.25) is 9.59 Å². The number of amidine groups is 1. The molecule has 0 bridgehead atoms. The second-order valence-electron chi connectivity index (χ2n) is 9.64. The molecule has 3 rings (SSSR count). The van der Waals surface area contributed by atoms with Gasteiger partial charge in [-0.2, -0.15) is 0 Å². The van der Waals surface area contributed by atoms with Gasteiger partial charge >= 0.3 is 0 Å². The van der Waals surface area contributed by atoms with Gasteiger partial charge < -0.3 is 19.9 Å². The van der Waals surface area contributed by atoms with Crippen LogP contribution in [0.25, 0.3) is 0 Å². The zero-order chi connectivity index (χ0) is 27.3. The maximum atomic E-state index is 12.0. The van der Waals surface area contributed by atoms with E-state index in [9.17, 15) is 14.4 Å². The molecule has 1 fully saturated rings. The summed E-state index contributed by atoms with van der Waals surface area (Å²) in [4.78, 5) is 44.1. The molecule has 0 saturated carbocycles. The smallest absolute Gasteiger partial charge is 0.219 e. The van der Waals surface area contributed by atoms with Gasteiger partial charge in [0.2, 0.25) is 5.91 Å². The van der Waals surface area contributed by atoms with Crippen molar-refractivity contribution in [3.05, 3.63) is 64.7 Å². The Kier molecular flexibility index (Phi) is 11.3. The summed E-state index contributed by atoms with van der Waals surface area (Å²) < 4.78 is 0. The van der Waals surface area contributed by atoms with Gasteiger partial charge in [0.05, 0.1) is 17.3 Å². The molecule has 0 spiro atoms. The van der Waals surface area contributed by atoms with Crippen LogP contribution in [0, 0.1) is 11.8 Å². The second-order valence-corrected chi connectivity index (χ2v) is 9.64. The molecular formula is C31H38N4O3. The van der Waals surface area contributed by atoms with Gasteiger partial charge in [-0.25, -0.2) is 4.99 Å². The fourth-order valence-corrected chi connectivity index (χ4v) is 4.50. The van der Waals surface area contributed by atoms with Crippen molar-refractivity contribution in [2.24, 2.45) is 4.99 Å². The minimum absolute atomic E-state index is 0.124. The van der Waals surface area contributed by atoms with Crippen molar-refractivity contribution >= 4 is 30.0 Å². The summed E-state index contributed by atoms with van der Waals surface area (Å²) in [6.45, 7) is 5.28. The summed E-state index contributed by atoms with van der Waals surface area (Å²) in [5, 5.41) is 2.56. The van der Waals surface area contributed by atoms with E-state index in [-0.39, 0.29) is 12.3 Å². The lowest BCUT2D eigenvalue weighted by Crippen LogP contribution is -2.37. The van der Waals surface area contributed by atoms with Crippen LogP contribution in [0.15, 0.2) is 47.5 Å². The van der Waals surface area contributed by atoms with E-state index in [2.05, 4.69) is 39.2 Å². The molecule has 2 aromatic carbocycles. The van der Waals surface area contributed by atoms with Crippen LogP contribution in [0.2, 0.25) is 0 Å². The van der Waals surface area contributed by atoms with Gasteiger partial charge in [-0.1, -0.05) is 36.5 Å². The number of aliphatic imine (C=N–C) groups is 1. The van der Waals surface area contributed by atoms with Crippen molar-refractivity contribution in [2.45, 2.75) is 51.5 Å². The summed E-state index contributed by atoms with van der Waals surface area (Å²) in [6.07, 6.45) is 7.18. The van der Waals surface area contributed by atoms with Crippen molar-refractivity contribution < 1.29 is 14.4 Å². The van der Waals surface area contributed by atoms with Crippen LogP contribution in [0.3, 0.4) is 0 Å². The van der Waals surface area contributed by atoms with E-state index in [4.69, 9.17) is 0 Å². The maximum absolute atomic E-state index is 12.0. The van der Waals surface area contributed by atoms with Crippen molar-refractivity contribution in [2.75, 3.05) is 33.7 Å². The van der Waals surface area contributed by atoms with E-state index in [1.165, 1.54) is 37.9 Å². The monoisotopic (exact) mass is 514 g/mol. The van der Waals surface area contributed by atoms with E-state index in [0.29, 0.717) is 29.1 Å². The maximum Gasteiger partial charge on any atom is 0.219 e. The van der Waals surface area contributed by atoms with Crippen molar-refractivity contribution in [1.82, 2.24) is 15.1 Å². The number of hydrogen-bond donors (Lipinski definition) is 1. The molecule has 0 radical (unpaired) electrons. The van der Waals surface area contributed by atoms with E-state index >= 15 is 0 Å². The first kappa shape index (κ1) is 28.8. The minimum atomic E-state index is -0.499. The molecule has 0 aliphatic carbocycles. The summed E-state index contributed by atoms with van der Waals surface area (Å²) in [5.74, 6) is 6.73. The molecular weight excluding hydrogens is 476 g/mol. The van der Waals surface area contributed by atoms with Crippen molar-refractivity contribution in [3.8, 4) is 11.8 Å². The lowest BCUT2D eigenvalue weighted by Gasteiger charge is -2.26. The van der Waals surface area contributed by atoms with E-state index in [0.717, 1.165) is 31.1 Å². The summed E-state index contributed by atoms with van der Waals surface area (Å²) in [6, 6.07) is 13.2. The quantitative estimate of drug-likeness (QED) is 0.224. The Morgan fingerprint density at radius 3 is 2.50 bits per heavy atom. The van der Waals surface area contributed by atoms with E-state index in [1.54, 1.807) is 38.1 Å². The van der Waals surface area contributed by atoms with Crippen LogP contribution < -0.4 is 5.32 Å². The number of carbonyl (C=O) groups excluding carboxylic acids is 3. The summed E-state index contributed by atoms with van der Waals surface area (Å²) in [7, 11) is 3.32. The number of nitrogens with zero attached hydrogens (tertiary/aromatic N) is 3. The van der Waals surface area contributed by atoms with Crippen LogP contribution in [0.5, 0.6) is 0 Å². The van der Waals surface area contributed by atoms with Gasteiger partial charge in [-0.15, -0.1) is 0 Å². The summed E-state index contributed by atoms with van der Waals surface area (Å²) >= 11 is 0. The van der Waals surface area contributed by atoms with Crippen molar-refractivity contribution in [1.29, 1.82) is 0 Å². The fraction of sp³-hybridized carbons (Fsp3) is 0.419. The molecule has 1 aliphatic heterocycles. The molecule has 1 N–H and O–H groups in total. The molecule has 1 atom stereocenters. The Bertz CT molecular complexity index is 1190. The third-order valence-electron chi connectivity index (χ3n) is 7.06. The van der Waals surface area contributed by atoms with Crippen LogP contribution in [-0.2, 0) is 16.0 Å². The zero-order valence-electron chi connectivity index (χ0n) is 22.7. The molecule has 7 nitrogen and oxygen atoms in total. The normalized spacial score (nSPS) is 14.7. The Labute approximate surface area is 226 Å². The van der Waals surface area contributed by atoms with Crippen LogP contribution >= 0.6 is 0 Å². The number of benzene rings is 2. The van der Waals surface area contributed by atoms with Crippen LogP contribution in [0.1, 0.15) is 66.1 Å². The molecule has 1 aliphatic rings. The first-order valence-electron chi connectivity index (χ1n) is 13.3. The van der Waals surface area contributed by atoms with E-state index in [1.807, 2.05) is 18.2 Å². The molecule has 0 aromatic heterocycles. The highest BCUT2D eigenvalue weighted by atomic mass is 16.1. The minimum Gasteiger partial charge on any atom is -0.359 e. The highest BCUT2D eigenvalue weighted by Crippen LogP contribution is 2.22. The number of amides is 1. The Morgan fingerprint density at radius 2 is 1.84 bits per heavy atom. The lowest BCUT2D eigenvalue weighted by molar-refractivity contribution is -0.121. The number of hydrogen-bond acceptors (Lipinski definition) is 5. The lowest BCUT2D eigenvalue weighted by atomic mass is 10.0. The van der Waals surface area contributed by atoms with Gasteiger partial charge in [-0.05, 0) is 75.5 Å². The molecule has 1 heterocycles. The first-order chi connectivity index (χ1) is 18.4. The Balaban J connectivity index is 1.70. The van der Waals surface area contributed by atoms with Gasteiger partial charge in [0.25, 0.3) is 0 Å². The second kappa shape index (κ2) is 14.8. The predicted molar refractivity (Wildman–Crippen MR) is 152 cm³/mol. The SMILES string of the molecule is CNC(=O)CCC(C=O)N(C)C(C)=Nc1cccc(C#Cc2ccc(CCN3CCCCC3)cc2)c1C=O. The Morgan fingerprint density at radius 1 is 1.11 bits per heavy atom. The van der Waals surface area contributed by atoms with Gasteiger partial charge in [0.1, 0.15) is 12.1 Å². The highest BCUT2D eigenvalue weighted by Gasteiger charge is 2.17. The predicted octanol–water partition coefficient (Wildman–Crippen LogP) is 4.00. The first-order valence-corrected chi connectivity index (χ1v) is 13.3. The third kappa shape index (κ3) is 8.39. The number of likely N-dealkylation sites (tertiary alicyclic amines) is 1. The zero-order valence-corrected chi connectivity index (χ0v) is 22.7. The number of aldehydes is 2. The molecule has 1 unspecified atom stereocenters. The summed E-state index contributed by atoms with van der Waals surface area (Å²) in [5.41, 5.74) is 3.67. The average Bonchev–Trinajstić information content (AvgIpc) is 2.96. The number of likely N-dealkylation sites (N-methyl/N-ethyl adjacent to an activating group) is 1. The largest absolute Gasteiger partial charge is 0.359 e. The number of carbonyl (C=O) groups is 3. The number of piperidine rings is 1. The third-order valence-corrected chi connectivity index (χ3v) is 7.06. The average molecular weight is 515 g/mol. The van der Waals surface area contributed by atoms with Crippen molar-refractivity contribution in [3.63, 3.8) is 0 Å². The molecule has 2 aromatic rings. The standard InChI is InChI=1S/C31H38N4O3/c1-24(34(3)28(22-36)16-17-31(38)32-2)33-30-9-7-8-27(29(30)23-37)15-14-25-10-12-26(13-11-25)18-21-35-19-5-4-6-20-35/h7-13,22-23,28H,4-6,16-21H2,1-3H3,(H,32,38). The fourth-order valence-electron chi connectivity index (χ4n) is 4.50. The molecule has 200 valence electrons. The van der Waals surface area contributed by atoms with Gasteiger partial charge in [0, 0.05) is 38.2 Å². The number of nitrogens with one attached hydrogen (secondary N) is 1. The van der Waals surface area contributed by atoms with Crippen LogP contribution in [0.4, 0.5) is 5.69 Å². The topological polar surface area (TPSA) is 82.1 Å². The highest BCUT2D eigenvalue weighted by molar-refractivity contribution is 5.91. The Hall–Kier alpha value is -3.76.